The molecule has 0 fully saturated rings. The summed E-state index contributed by atoms with van der Waals surface area (Å²) in [7, 11) is 0. The van der Waals surface area contributed by atoms with Crippen LogP contribution in [0.3, 0.4) is 0 Å². The minimum Gasteiger partial charge on any atom is -0.508 e. The van der Waals surface area contributed by atoms with Gasteiger partial charge in [0.1, 0.15) is 29.6 Å². The van der Waals surface area contributed by atoms with Gasteiger partial charge in [0.2, 0.25) is 23.6 Å². The molecule has 0 aliphatic heterocycles. The van der Waals surface area contributed by atoms with Crippen LogP contribution in [0.25, 0.3) is 0 Å². The molecular formula is C28H37N5O8. The van der Waals surface area contributed by atoms with Crippen LogP contribution in [0.1, 0.15) is 37.8 Å². The van der Waals surface area contributed by atoms with E-state index in [9.17, 15) is 39.3 Å². The lowest BCUT2D eigenvalue weighted by Gasteiger charge is -2.25. The third-order valence-corrected chi connectivity index (χ3v) is 6.10. The van der Waals surface area contributed by atoms with Gasteiger partial charge in [0.15, 0.2) is 0 Å². The third-order valence-electron chi connectivity index (χ3n) is 6.10. The Kier molecular flexibility index (Phi) is 12.1. The fourth-order valence-electron chi connectivity index (χ4n) is 3.98. The average Bonchev–Trinajstić information content (AvgIpc) is 2.89. The number of carboxylic acid groups (broad SMARTS) is 1. The Morgan fingerprint density at radius 2 is 1.15 bits per heavy atom. The topological polar surface area (TPSA) is 234 Å². The standard InChI is InChI=1S/C28H37N5O8/c1-15(2)11-21(31-25(37)20(29)12-16-3-7-18(34)8-4-16)26(38)32-22(14-24(30)36)27(39)33-23(28(40)41)13-17-5-9-19(35)10-6-17/h3-10,15,20-23,34-35H,11-14,29H2,1-2H3,(H2,30,36)(H,31,37)(H,32,38)(H,33,39)(H,40,41)/t20-,21-,22-,23-/m0/s1. The summed E-state index contributed by atoms with van der Waals surface area (Å²) in [5.74, 6) is -4.67. The smallest absolute Gasteiger partial charge is 0.326 e. The second kappa shape index (κ2) is 15.2. The Labute approximate surface area is 237 Å². The van der Waals surface area contributed by atoms with Crippen LogP contribution < -0.4 is 27.4 Å². The second-order valence-electron chi connectivity index (χ2n) is 10.2. The zero-order valence-corrected chi connectivity index (χ0v) is 22.9. The summed E-state index contributed by atoms with van der Waals surface area (Å²) >= 11 is 0. The molecule has 13 nitrogen and oxygen atoms in total. The number of carboxylic acids is 1. The minimum absolute atomic E-state index is 0.0155. The van der Waals surface area contributed by atoms with Gasteiger partial charge >= 0.3 is 5.97 Å². The lowest BCUT2D eigenvalue weighted by molar-refractivity contribution is -0.142. The van der Waals surface area contributed by atoms with E-state index in [0.717, 1.165) is 0 Å². The van der Waals surface area contributed by atoms with E-state index in [0.29, 0.717) is 11.1 Å². The largest absolute Gasteiger partial charge is 0.508 e. The molecule has 0 heterocycles. The Morgan fingerprint density at radius 3 is 1.61 bits per heavy atom. The fraction of sp³-hybridized carbons (Fsp3) is 0.393. The molecule has 0 aromatic heterocycles. The minimum atomic E-state index is -1.51. The highest BCUT2D eigenvalue weighted by Crippen LogP contribution is 2.13. The molecule has 0 unspecified atom stereocenters. The number of carbonyl (C=O) groups is 5. The third kappa shape index (κ3) is 11.2. The first kappa shape index (κ1) is 32.6. The van der Waals surface area contributed by atoms with Gasteiger partial charge in [0, 0.05) is 6.42 Å². The zero-order valence-electron chi connectivity index (χ0n) is 22.9. The van der Waals surface area contributed by atoms with Crippen molar-refractivity contribution in [1.82, 2.24) is 16.0 Å². The second-order valence-corrected chi connectivity index (χ2v) is 10.2. The summed E-state index contributed by atoms with van der Waals surface area (Å²) in [6, 6.07) is 6.78. The number of benzene rings is 2. The first-order chi connectivity index (χ1) is 19.2. The molecule has 2 aromatic rings. The van der Waals surface area contributed by atoms with Gasteiger partial charge in [0.05, 0.1) is 12.5 Å². The lowest BCUT2D eigenvalue weighted by atomic mass is 10.0. The summed E-state index contributed by atoms with van der Waals surface area (Å²) in [5, 5.41) is 35.8. The number of hydrogen-bond donors (Lipinski definition) is 8. The maximum absolute atomic E-state index is 13.2. The van der Waals surface area contributed by atoms with Crippen LogP contribution in [0, 0.1) is 5.92 Å². The van der Waals surface area contributed by atoms with Gasteiger partial charge in [-0.1, -0.05) is 38.1 Å². The Hall–Kier alpha value is -4.65. The molecule has 0 aliphatic carbocycles. The molecule has 0 saturated carbocycles. The van der Waals surface area contributed by atoms with Crippen LogP contribution in [0.5, 0.6) is 11.5 Å². The van der Waals surface area contributed by atoms with Crippen molar-refractivity contribution >= 4 is 29.6 Å². The number of hydrogen-bond acceptors (Lipinski definition) is 8. The predicted molar refractivity (Wildman–Crippen MR) is 148 cm³/mol. The number of phenolic OH excluding ortho intramolecular Hbond substituents is 2. The van der Waals surface area contributed by atoms with Gasteiger partial charge in [-0.05, 0) is 54.2 Å². The molecule has 0 radical (unpaired) electrons. The van der Waals surface area contributed by atoms with Gasteiger partial charge in [-0.15, -0.1) is 0 Å². The van der Waals surface area contributed by atoms with E-state index in [-0.39, 0.29) is 36.7 Å². The number of aromatic hydroxyl groups is 2. The van der Waals surface area contributed by atoms with Crippen molar-refractivity contribution in [3.05, 3.63) is 59.7 Å². The Morgan fingerprint density at radius 1 is 0.707 bits per heavy atom. The van der Waals surface area contributed by atoms with Gasteiger partial charge < -0.3 is 42.7 Å². The van der Waals surface area contributed by atoms with E-state index in [1.165, 1.54) is 36.4 Å². The van der Waals surface area contributed by atoms with Crippen molar-refractivity contribution in [3.63, 3.8) is 0 Å². The normalized spacial score (nSPS) is 13.9. The molecule has 222 valence electrons. The average molecular weight is 572 g/mol. The molecule has 41 heavy (non-hydrogen) atoms. The molecule has 10 N–H and O–H groups in total. The lowest BCUT2D eigenvalue weighted by Crippen LogP contribution is -2.58. The van der Waals surface area contributed by atoms with Crippen molar-refractivity contribution in [1.29, 1.82) is 0 Å². The fourth-order valence-corrected chi connectivity index (χ4v) is 3.98. The van der Waals surface area contributed by atoms with Crippen LogP contribution in [0.4, 0.5) is 0 Å². The van der Waals surface area contributed by atoms with Crippen LogP contribution in [-0.2, 0) is 36.8 Å². The van der Waals surface area contributed by atoms with Gasteiger partial charge in [-0.2, -0.15) is 0 Å². The Balaban J connectivity index is 2.13. The van der Waals surface area contributed by atoms with Crippen LogP contribution >= 0.6 is 0 Å². The summed E-state index contributed by atoms with van der Waals surface area (Å²) in [4.78, 5) is 62.6. The number of aliphatic carboxylic acids is 1. The van der Waals surface area contributed by atoms with Crippen molar-refractivity contribution < 1.29 is 39.3 Å². The maximum atomic E-state index is 13.2. The first-order valence-corrected chi connectivity index (χ1v) is 13.0. The van der Waals surface area contributed by atoms with Crippen molar-refractivity contribution in [2.45, 2.75) is 63.7 Å². The summed E-state index contributed by atoms with van der Waals surface area (Å²) in [6.45, 7) is 3.63. The summed E-state index contributed by atoms with van der Waals surface area (Å²) < 4.78 is 0. The number of rotatable bonds is 15. The van der Waals surface area contributed by atoms with Crippen LogP contribution in [-0.4, -0.2) is 69.1 Å². The molecule has 0 bridgehead atoms. The molecule has 0 saturated heterocycles. The number of primary amides is 1. The van der Waals surface area contributed by atoms with E-state index < -0.39 is 60.2 Å². The van der Waals surface area contributed by atoms with E-state index >= 15 is 0 Å². The zero-order chi connectivity index (χ0) is 30.7. The molecule has 0 spiro atoms. The molecule has 2 aromatic carbocycles. The Bertz CT molecular complexity index is 1220. The van der Waals surface area contributed by atoms with E-state index in [4.69, 9.17) is 11.5 Å². The highest BCUT2D eigenvalue weighted by Gasteiger charge is 2.31. The molecule has 2 rings (SSSR count). The monoisotopic (exact) mass is 571 g/mol. The highest BCUT2D eigenvalue weighted by molar-refractivity contribution is 5.96. The van der Waals surface area contributed by atoms with E-state index in [2.05, 4.69) is 16.0 Å². The van der Waals surface area contributed by atoms with Crippen LogP contribution in [0.2, 0.25) is 0 Å². The molecular weight excluding hydrogens is 534 g/mol. The van der Waals surface area contributed by atoms with Crippen molar-refractivity contribution in [3.8, 4) is 11.5 Å². The van der Waals surface area contributed by atoms with Crippen LogP contribution in [0.15, 0.2) is 48.5 Å². The summed E-state index contributed by atoms with van der Waals surface area (Å²) in [5.41, 5.74) is 12.5. The molecule has 13 heteroatoms. The quantitative estimate of drug-likeness (QED) is 0.140. The van der Waals surface area contributed by atoms with Gasteiger partial charge in [-0.3, -0.25) is 19.2 Å². The highest BCUT2D eigenvalue weighted by atomic mass is 16.4. The maximum Gasteiger partial charge on any atom is 0.326 e. The number of nitrogens with one attached hydrogen (secondary N) is 3. The summed E-state index contributed by atoms with van der Waals surface area (Å²) in [6.07, 6.45) is -0.450. The van der Waals surface area contributed by atoms with Crippen molar-refractivity contribution in [2.75, 3.05) is 0 Å². The SMILES string of the molecule is CC(C)C[C@H](NC(=O)[C@@H](N)Cc1ccc(O)cc1)C(=O)N[C@@H](CC(N)=O)C(=O)N[C@@H](Cc1ccc(O)cc1)C(=O)O. The number of phenols is 2. The van der Waals surface area contributed by atoms with Crippen molar-refractivity contribution in [2.24, 2.45) is 17.4 Å². The molecule has 0 aliphatic rings. The molecule has 4 amide bonds. The predicted octanol–water partition coefficient (Wildman–Crippen LogP) is -0.329. The molecule has 4 atom stereocenters. The number of nitrogens with two attached hydrogens (primary N) is 2. The van der Waals surface area contributed by atoms with E-state index in [1.807, 2.05) is 13.8 Å². The number of carbonyl (C=O) groups excluding carboxylic acids is 4. The first-order valence-electron chi connectivity index (χ1n) is 13.0. The van der Waals surface area contributed by atoms with Gasteiger partial charge in [0.25, 0.3) is 0 Å². The van der Waals surface area contributed by atoms with Gasteiger partial charge in [-0.25, -0.2) is 4.79 Å². The number of amides is 4. The van der Waals surface area contributed by atoms with E-state index in [1.54, 1.807) is 12.1 Å².